The van der Waals surface area contributed by atoms with Crippen molar-refractivity contribution < 1.29 is 14.7 Å². The lowest BCUT2D eigenvalue weighted by atomic mass is 9.89. The molecule has 1 aromatic carbocycles. The number of rotatable bonds is 1. The number of nitrogens with zero attached hydrogens (tertiary/aromatic N) is 2. The van der Waals surface area contributed by atoms with Crippen LogP contribution in [0, 0.1) is 13.8 Å². The van der Waals surface area contributed by atoms with Crippen molar-refractivity contribution in [3.63, 3.8) is 0 Å². The van der Waals surface area contributed by atoms with Gasteiger partial charge in [0.15, 0.2) is 0 Å². The molecule has 0 aliphatic carbocycles. The molecular weight excluding hydrogens is 268 g/mol. The van der Waals surface area contributed by atoms with E-state index >= 15 is 0 Å². The van der Waals surface area contributed by atoms with Crippen LogP contribution in [0.25, 0.3) is 0 Å². The molecule has 0 unspecified atom stereocenters. The lowest BCUT2D eigenvalue weighted by Gasteiger charge is -2.44. The number of carbonyl (C=O) groups is 2. The number of hydrogen-bond acceptors (Lipinski definition) is 2. The van der Waals surface area contributed by atoms with Crippen molar-refractivity contribution in [2.24, 2.45) is 0 Å². The zero-order valence-corrected chi connectivity index (χ0v) is 12.4. The van der Waals surface area contributed by atoms with E-state index in [-0.39, 0.29) is 18.0 Å². The molecule has 2 atom stereocenters. The van der Waals surface area contributed by atoms with E-state index < -0.39 is 6.09 Å². The number of carbonyl (C=O) groups excluding carboxylic acids is 1. The summed E-state index contributed by atoms with van der Waals surface area (Å²) in [5.41, 5.74) is 3.30. The Bertz CT molecular complexity index is 599. The van der Waals surface area contributed by atoms with Gasteiger partial charge in [-0.15, -0.1) is 0 Å². The van der Waals surface area contributed by atoms with Crippen molar-refractivity contribution in [1.82, 2.24) is 9.80 Å². The van der Waals surface area contributed by atoms with E-state index in [1.54, 1.807) is 0 Å². The zero-order chi connectivity index (χ0) is 15.1. The molecule has 21 heavy (non-hydrogen) atoms. The topological polar surface area (TPSA) is 60.9 Å². The van der Waals surface area contributed by atoms with E-state index in [9.17, 15) is 14.7 Å². The molecule has 5 nitrogen and oxygen atoms in total. The summed E-state index contributed by atoms with van der Waals surface area (Å²) in [5.74, 6) is 0.153. The van der Waals surface area contributed by atoms with E-state index in [0.717, 1.165) is 23.1 Å². The Morgan fingerprint density at radius 1 is 1.29 bits per heavy atom. The molecule has 0 radical (unpaired) electrons. The third-order valence-electron chi connectivity index (χ3n) is 4.87. The SMILES string of the molecule is Cc1cccc([C@H]2[C@@H]3CCC(=O)N3CCN2C(=O)O)c1C. The lowest BCUT2D eigenvalue weighted by molar-refractivity contribution is -0.131. The Morgan fingerprint density at radius 3 is 2.76 bits per heavy atom. The van der Waals surface area contributed by atoms with Crippen molar-refractivity contribution in [1.29, 1.82) is 0 Å². The molecule has 2 heterocycles. The molecule has 2 aliphatic rings. The zero-order valence-electron chi connectivity index (χ0n) is 12.4. The van der Waals surface area contributed by atoms with Crippen LogP contribution in [-0.4, -0.2) is 46.0 Å². The number of benzene rings is 1. The molecule has 112 valence electrons. The second kappa shape index (κ2) is 5.06. The number of fused-ring (bicyclic) bond motifs is 1. The smallest absolute Gasteiger partial charge is 0.407 e. The second-order valence-corrected chi connectivity index (χ2v) is 5.90. The number of carboxylic acid groups (broad SMARTS) is 1. The highest BCUT2D eigenvalue weighted by Gasteiger charge is 2.45. The molecule has 2 fully saturated rings. The maximum absolute atomic E-state index is 12.0. The molecule has 3 rings (SSSR count). The molecular formula is C16H20N2O3. The molecule has 2 amide bonds. The first kappa shape index (κ1) is 13.9. The summed E-state index contributed by atoms with van der Waals surface area (Å²) >= 11 is 0. The quantitative estimate of drug-likeness (QED) is 0.862. The van der Waals surface area contributed by atoms with Gasteiger partial charge in [-0.25, -0.2) is 4.79 Å². The highest BCUT2D eigenvalue weighted by Crippen LogP contribution is 2.39. The second-order valence-electron chi connectivity index (χ2n) is 5.90. The van der Waals surface area contributed by atoms with Gasteiger partial charge in [0.1, 0.15) is 0 Å². The van der Waals surface area contributed by atoms with Gasteiger partial charge in [-0.05, 0) is 37.0 Å². The van der Waals surface area contributed by atoms with E-state index in [0.29, 0.717) is 19.5 Å². The molecule has 1 aromatic rings. The minimum atomic E-state index is -0.903. The van der Waals surface area contributed by atoms with Crippen LogP contribution in [0.15, 0.2) is 18.2 Å². The van der Waals surface area contributed by atoms with Crippen molar-refractivity contribution >= 4 is 12.0 Å². The molecule has 5 heteroatoms. The number of amides is 2. The normalized spacial score (nSPS) is 25.1. The average molecular weight is 288 g/mol. The first-order valence-electron chi connectivity index (χ1n) is 7.36. The predicted molar refractivity (Wildman–Crippen MR) is 78.1 cm³/mol. The van der Waals surface area contributed by atoms with Gasteiger partial charge in [-0.1, -0.05) is 18.2 Å². The van der Waals surface area contributed by atoms with Crippen molar-refractivity contribution in [3.8, 4) is 0 Å². The van der Waals surface area contributed by atoms with Gasteiger partial charge in [0.05, 0.1) is 12.1 Å². The highest BCUT2D eigenvalue weighted by molar-refractivity contribution is 5.80. The summed E-state index contributed by atoms with van der Waals surface area (Å²) < 4.78 is 0. The summed E-state index contributed by atoms with van der Waals surface area (Å²) in [5, 5.41) is 9.54. The number of aryl methyl sites for hydroxylation is 1. The molecule has 0 bridgehead atoms. The maximum Gasteiger partial charge on any atom is 0.407 e. The summed E-state index contributed by atoms with van der Waals surface area (Å²) in [6.45, 7) is 4.96. The number of hydrogen-bond donors (Lipinski definition) is 1. The fourth-order valence-corrected chi connectivity index (χ4v) is 3.62. The van der Waals surface area contributed by atoms with Crippen LogP contribution in [-0.2, 0) is 4.79 Å². The highest BCUT2D eigenvalue weighted by atomic mass is 16.4. The van der Waals surface area contributed by atoms with Crippen molar-refractivity contribution in [2.45, 2.75) is 38.8 Å². The summed E-state index contributed by atoms with van der Waals surface area (Å²) in [7, 11) is 0. The van der Waals surface area contributed by atoms with Crippen LogP contribution in [0.2, 0.25) is 0 Å². The molecule has 1 N–H and O–H groups in total. The predicted octanol–water partition coefficient (Wildman–Crippen LogP) is 2.33. The van der Waals surface area contributed by atoms with Crippen LogP contribution in [0.1, 0.15) is 35.6 Å². The molecule has 0 spiro atoms. The minimum absolute atomic E-state index is 0.0251. The van der Waals surface area contributed by atoms with Gasteiger partial charge < -0.3 is 10.0 Å². The summed E-state index contributed by atoms with van der Waals surface area (Å²) in [6, 6.07) is 5.72. The van der Waals surface area contributed by atoms with Gasteiger partial charge in [0, 0.05) is 19.5 Å². The Balaban J connectivity index is 2.07. The van der Waals surface area contributed by atoms with Gasteiger partial charge >= 0.3 is 6.09 Å². The maximum atomic E-state index is 12.0. The summed E-state index contributed by atoms with van der Waals surface area (Å²) in [4.78, 5) is 27.0. The molecule has 2 aliphatic heterocycles. The van der Waals surface area contributed by atoms with E-state index in [2.05, 4.69) is 0 Å². The van der Waals surface area contributed by atoms with E-state index in [1.165, 1.54) is 4.90 Å². The first-order chi connectivity index (χ1) is 10.0. The van der Waals surface area contributed by atoms with Gasteiger partial charge in [-0.2, -0.15) is 0 Å². The minimum Gasteiger partial charge on any atom is -0.465 e. The van der Waals surface area contributed by atoms with Crippen molar-refractivity contribution in [3.05, 3.63) is 34.9 Å². The Labute approximate surface area is 124 Å². The Morgan fingerprint density at radius 2 is 2.05 bits per heavy atom. The van der Waals surface area contributed by atoms with E-state index in [4.69, 9.17) is 0 Å². The van der Waals surface area contributed by atoms with E-state index in [1.807, 2.05) is 36.9 Å². The average Bonchev–Trinajstić information content (AvgIpc) is 2.83. The molecule has 0 saturated carbocycles. The van der Waals surface area contributed by atoms with Gasteiger partial charge in [0.2, 0.25) is 5.91 Å². The number of piperazine rings is 1. The van der Waals surface area contributed by atoms with Crippen LogP contribution in [0.5, 0.6) is 0 Å². The molecule has 0 aromatic heterocycles. The Hall–Kier alpha value is -2.04. The third kappa shape index (κ3) is 2.17. The third-order valence-corrected chi connectivity index (χ3v) is 4.87. The standard InChI is InChI=1S/C16H20N2O3/c1-10-4-3-5-12(11(10)2)15-13-6-7-14(19)17(13)8-9-18(15)16(20)21/h3-5,13,15H,6-9H2,1-2H3,(H,20,21)/t13-,15-/m0/s1. The Kier molecular flexibility index (Phi) is 3.35. The van der Waals surface area contributed by atoms with Crippen LogP contribution < -0.4 is 0 Å². The fraction of sp³-hybridized carbons (Fsp3) is 0.500. The van der Waals surface area contributed by atoms with Crippen LogP contribution >= 0.6 is 0 Å². The summed E-state index contributed by atoms with van der Waals surface area (Å²) in [6.07, 6.45) is 0.361. The van der Waals surface area contributed by atoms with Crippen molar-refractivity contribution in [2.75, 3.05) is 13.1 Å². The van der Waals surface area contributed by atoms with Gasteiger partial charge in [0.25, 0.3) is 0 Å². The van der Waals surface area contributed by atoms with Crippen LogP contribution in [0.3, 0.4) is 0 Å². The monoisotopic (exact) mass is 288 g/mol. The largest absolute Gasteiger partial charge is 0.465 e. The first-order valence-corrected chi connectivity index (χ1v) is 7.36. The fourth-order valence-electron chi connectivity index (χ4n) is 3.62. The van der Waals surface area contributed by atoms with Crippen LogP contribution in [0.4, 0.5) is 4.79 Å². The van der Waals surface area contributed by atoms with Gasteiger partial charge in [-0.3, -0.25) is 9.69 Å². The molecule has 2 saturated heterocycles. The lowest BCUT2D eigenvalue weighted by Crippen LogP contribution is -2.54.